The summed E-state index contributed by atoms with van der Waals surface area (Å²) in [6.07, 6.45) is 0. The molecule has 0 bridgehead atoms. The predicted molar refractivity (Wildman–Crippen MR) is 78.5 cm³/mol. The van der Waals surface area contributed by atoms with Crippen LogP contribution in [-0.4, -0.2) is 20.1 Å². The van der Waals surface area contributed by atoms with E-state index < -0.39 is 32.2 Å². The van der Waals surface area contributed by atoms with Crippen LogP contribution in [0.2, 0.25) is 5.02 Å². The first-order chi connectivity index (χ1) is 9.88. The van der Waals surface area contributed by atoms with Crippen molar-refractivity contribution < 1.29 is 17.6 Å². The molecule has 4 nitrogen and oxygen atoms in total. The predicted octanol–water partition coefficient (Wildman–Crippen LogP) is 2.89. The van der Waals surface area contributed by atoms with Crippen LogP contribution in [0.1, 0.15) is 0 Å². The number of anilines is 1. The topological polar surface area (TPSA) is 63.2 Å². The van der Waals surface area contributed by atoms with Crippen molar-refractivity contribution in [1.29, 1.82) is 0 Å². The van der Waals surface area contributed by atoms with Crippen LogP contribution in [0.25, 0.3) is 0 Å². The Morgan fingerprint density at radius 1 is 1.10 bits per heavy atom. The third kappa shape index (κ3) is 4.03. The molecule has 0 unspecified atom stereocenters. The first-order valence-corrected chi connectivity index (χ1v) is 7.94. The zero-order chi connectivity index (χ0) is 15.5. The molecule has 2 aromatic rings. The standard InChI is InChI=1S/C14H11ClFNO3S/c15-10-5-7-11(8-6-10)17-14(18)9-21(19,20)13-4-2-1-3-12(13)16/h1-8H,9H2,(H,17,18). The van der Waals surface area contributed by atoms with Gasteiger partial charge < -0.3 is 5.32 Å². The van der Waals surface area contributed by atoms with Gasteiger partial charge in [-0.3, -0.25) is 4.79 Å². The Hall–Kier alpha value is -1.92. The third-order valence-electron chi connectivity index (χ3n) is 2.62. The first-order valence-electron chi connectivity index (χ1n) is 5.91. The van der Waals surface area contributed by atoms with Crippen LogP contribution in [0.3, 0.4) is 0 Å². The Morgan fingerprint density at radius 2 is 1.71 bits per heavy atom. The fourth-order valence-corrected chi connectivity index (χ4v) is 3.03. The average Bonchev–Trinajstić information content (AvgIpc) is 2.41. The molecule has 0 aliphatic rings. The Balaban J connectivity index is 2.12. The summed E-state index contributed by atoms with van der Waals surface area (Å²) in [4.78, 5) is 11.3. The molecule has 1 amide bonds. The second kappa shape index (κ2) is 6.24. The highest BCUT2D eigenvalue weighted by atomic mass is 35.5. The maximum Gasteiger partial charge on any atom is 0.239 e. The smallest absolute Gasteiger partial charge is 0.239 e. The number of hydrogen-bond acceptors (Lipinski definition) is 3. The minimum Gasteiger partial charge on any atom is -0.325 e. The summed E-state index contributed by atoms with van der Waals surface area (Å²) in [5, 5.41) is 2.91. The van der Waals surface area contributed by atoms with E-state index in [1.165, 1.54) is 24.3 Å². The number of nitrogens with one attached hydrogen (secondary N) is 1. The molecule has 7 heteroatoms. The maximum atomic E-state index is 13.5. The molecule has 1 N–H and O–H groups in total. The number of halogens is 2. The van der Waals surface area contributed by atoms with Crippen molar-refractivity contribution in [2.75, 3.05) is 11.1 Å². The zero-order valence-electron chi connectivity index (χ0n) is 10.7. The van der Waals surface area contributed by atoms with Crippen molar-refractivity contribution in [2.24, 2.45) is 0 Å². The van der Waals surface area contributed by atoms with Crippen LogP contribution in [0.15, 0.2) is 53.4 Å². The fraction of sp³-hybridized carbons (Fsp3) is 0.0714. The van der Waals surface area contributed by atoms with Crippen LogP contribution < -0.4 is 5.32 Å². The van der Waals surface area contributed by atoms with Crippen molar-refractivity contribution in [2.45, 2.75) is 4.90 Å². The minimum atomic E-state index is -4.03. The summed E-state index contributed by atoms with van der Waals surface area (Å²) < 4.78 is 37.5. The second-order valence-corrected chi connectivity index (χ2v) is 6.64. The van der Waals surface area contributed by atoms with Gasteiger partial charge in [-0.1, -0.05) is 23.7 Å². The lowest BCUT2D eigenvalue weighted by Crippen LogP contribution is -2.23. The number of sulfone groups is 1. The van der Waals surface area contributed by atoms with E-state index >= 15 is 0 Å². The van der Waals surface area contributed by atoms with E-state index in [9.17, 15) is 17.6 Å². The Bertz CT molecular complexity index is 760. The lowest BCUT2D eigenvalue weighted by atomic mass is 10.3. The van der Waals surface area contributed by atoms with Crippen LogP contribution in [0.5, 0.6) is 0 Å². The first kappa shape index (κ1) is 15.5. The van der Waals surface area contributed by atoms with Gasteiger partial charge in [-0.15, -0.1) is 0 Å². The number of carbonyl (C=O) groups is 1. The van der Waals surface area contributed by atoms with E-state index in [1.807, 2.05) is 0 Å². The largest absolute Gasteiger partial charge is 0.325 e. The summed E-state index contributed by atoms with van der Waals surface area (Å²) in [7, 11) is -4.03. The quantitative estimate of drug-likeness (QED) is 0.939. The van der Waals surface area contributed by atoms with E-state index in [0.29, 0.717) is 10.7 Å². The van der Waals surface area contributed by atoms with Gasteiger partial charge in [0.05, 0.1) is 0 Å². The van der Waals surface area contributed by atoms with Gasteiger partial charge in [0.15, 0.2) is 9.84 Å². The summed E-state index contributed by atoms with van der Waals surface area (Å²) in [5.74, 6) is -2.46. The van der Waals surface area contributed by atoms with Gasteiger partial charge in [-0.05, 0) is 36.4 Å². The van der Waals surface area contributed by atoms with Crippen LogP contribution in [0.4, 0.5) is 10.1 Å². The third-order valence-corrected chi connectivity index (χ3v) is 4.52. The van der Waals surface area contributed by atoms with Crippen molar-refractivity contribution in [3.8, 4) is 0 Å². The molecule has 21 heavy (non-hydrogen) atoms. The number of rotatable bonds is 4. The van der Waals surface area contributed by atoms with Crippen LogP contribution >= 0.6 is 11.6 Å². The van der Waals surface area contributed by atoms with Gasteiger partial charge in [-0.2, -0.15) is 0 Å². The molecule has 0 saturated carbocycles. The monoisotopic (exact) mass is 327 g/mol. The molecule has 0 aliphatic carbocycles. The Kier molecular flexibility index (Phi) is 4.59. The average molecular weight is 328 g/mol. The fourth-order valence-electron chi connectivity index (χ4n) is 1.68. The molecule has 2 aromatic carbocycles. The molecular weight excluding hydrogens is 317 g/mol. The molecule has 0 aliphatic heterocycles. The van der Waals surface area contributed by atoms with Crippen LogP contribution in [0, 0.1) is 5.82 Å². The highest BCUT2D eigenvalue weighted by molar-refractivity contribution is 7.92. The highest BCUT2D eigenvalue weighted by Crippen LogP contribution is 2.17. The molecule has 110 valence electrons. The maximum absolute atomic E-state index is 13.5. The molecule has 0 heterocycles. The van der Waals surface area contributed by atoms with Gasteiger partial charge in [0, 0.05) is 10.7 Å². The van der Waals surface area contributed by atoms with Gasteiger partial charge >= 0.3 is 0 Å². The summed E-state index contributed by atoms with van der Waals surface area (Å²) in [6.45, 7) is 0. The second-order valence-electron chi connectivity index (χ2n) is 4.24. The molecule has 0 atom stereocenters. The van der Waals surface area contributed by atoms with E-state index in [1.54, 1.807) is 12.1 Å². The van der Waals surface area contributed by atoms with Crippen molar-refractivity contribution >= 4 is 33.0 Å². The summed E-state index contributed by atoms with van der Waals surface area (Å²) in [6, 6.07) is 11.1. The lowest BCUT2D eigenvalue weighted by Gasteiger charge is -2.07. The van der Waals surface area contributed by atoms with E-state index in [4.69, 9.17) is 11.6 Å². The Labute approximate surface area is 126 Å². The number of amides is 1. The number of benzene rings is 2. The highest BCUT2D eigenvalue weighted by Gasteiger charge is 2.22. The van der Waals surface area contributed by atoms with E-state index in [2.05, 4.69) is 5.32 Å². The summed E-state index contributed by atoms with van der Waals surface area (Å²) in [5.41, 5.74) is 0.410. The normalized spacial score (nSPS) is 11.1. The van der Waals surface area contributed by atoms with Crippen molar-refractivity contribution in [3.05, 3.63) is 59.4 Å². The molecule has 0 radical (unpaired) electrons. The molecule has 0 spiro atoms. The lowest BCUT2D eigenvalue weighted by molar-refractivity contribution is -0.113. The molecule has 0 fully saturated rings. The van der Waals surface area contributed by atoms with Gasteiger partial charge in [0.25, 0.3) is 0 Å². The van der Waals surface area contributed by atoms with Gasteiger partial charge in [-0.25, -0.2) is 12.8 Å². The Morgan fingerprint density at radius 3 is 2.33 bits per heavy atom. The van der Waals surface area contributed by atoms with Gasteiger partial charge in [0.2, 0.25) is 5.91 Å². The van der Waals surface area contributed by atoms with Crippen molar-refractivity contribution in [3.63, 3.8) is 0 Å². The SMILES string of the molecule is O=C(CS(=O)(=O)c1ccccc1F)Nc1ccc(Cl)cc1. The van der Waals surface area contributed by atoms with E-state index in [-0.39, 0.29) is 0 Å². The molecule has 0 saturated heterocycles. The molecule has 2 rings (SSSR count). The minimum absolute atomic E-state index is 0.410. The van der Waals surface area contributed by atoms with Crippen LogP contribution in [-0.2, 0) is 14.6 Å². The number of carbonyl (C=O) groups excluding carboxylic acids is 1. The van der Waals surface area contributed by atoms with E-state index in [0.717, 1.165) is 12.1 Å². The zero-order valence-corrected chi connectivity index (χ0v) is 12.3. The van der Waals surface area contributed by atoms with Gasteiger partial charge in [0.1, 0.15) is 16.5 Å². The molecule has 0 aromatic heterocycles. The molecular formula is C14H11ClFNO3S. The van der Waals surface area contributed by atoms with Crippen molar-refractivity contribution in [1.82, 2.24) is 0 Å². The number of hydrogen-bond donors (Lipinski definition) is 1. The summed E-state index contributed by atoms with van der Waals surface area (Å²) >= 11 is 5.70.